The number of carbonyl (C=O) groups is 1. The van der Waals surface area contributed by atoms with Crippen molar-refractivity contribution in [1.29, 1.82) is 0 Å². The second-order valence-corrected chi connectivity index (χ2v) is 9.17. The first-order valence-electron chi connectivity index (χ1n) is 9.49. The van der Waals surface area contributed by atoms with Gasteiger partial charge in [0.2, 0.25) is 5.91 Å². The first-order valence-corrected chi connectivity index (χ1v) is 11.0. The molecule has 1 aromatic rings. The zero-order valence-corrected chi connectivity index (χ0v) is 15.7. The van der Waals surface area contributed by atoms with Crippen LogP contribution >= 0.6 is 0 Å². The minimum absolute atomic E-state index is 0.132. The summed E-state index contributed by atoms with van der Waals surface area (Å²) in [7, 11) is -3.52. The van der Waals surface area contributed by atoms with E-state index in [0.29, 0.717) is 30.3 Å². The minimum atomic E-state index is -3.52. The number of rotatable bonds is 3. The summed E-state index contributed by atoms with van der Waals surface area (Å²) in [5.41, 5.74) is 0.586. The lowest BCUT2D eigenvalue weighted by Gasteiger charge is -2.41. The largest absolute Gasteiger partial charge is 0.342 e. The first kappa shape index (κ1) is 17.5. The van der Waals surface area contributed by atoms with Crippen molar-refractivity contribution in [2.45, 2.75) is 43.4 Å². The Morgan fingerprint density at radius 2 is 1.92 bits per heavy atom. The summed E-state index contributed by atoms with van der Waals surface area (Å²) in [6, 6.07) is 6.79. The van der Waals surface area contributed by atoms with Crippen LogP contribution in [0.1, 0.15) is 44.1 Å². The van der Waals surface area contributed by atoms with Gasteiger partial charge in [-0.2, -0.15) is 0 Å². The molecule has 1 aromatic carbocycles. The number of likely N-dealkylation sites (tertiary alicyclic amines) is 1. The average molecular weight is 375 g/mol. The normalized spacial score (nSPS) is 28.3. The lowest BCUT2D eigenvalue weighted by Crippen LogP contribution is -2.44. The monoisotopic (exact) mass is 375 g/mol. The Morgan fingerprint density at radius 3 is 2.77 bits per heavy atom. The number of fused-ring (bicyclic) bond motifs is 2. The number of carbonyl (C=O) groups excluding carboxylic acids is 1. The summed E-state index contributed by atoms with van der Waals surface area (Å²) in [5.74, 6) is 1.95. The van der Waals surface area contributed by atoms with Gasteiger partial charge in [0.1, 0.15) is 5.84 Å². The smallest absolute Gasteiger partial charge is 0.263 e. The van der Waals surface area contributed by atoms with Gasteiger partial charge in [-0.1, -0.05) is 31.4 Å². The molecule has 26 heavy (non-hydrogen) atoms. The van der Waals surface area contributed by atoms with Crippen LogP contribution in [0.25, 0.3) is 0 Å². The molecule has 2 atom stereocenters. The predicted octanol–water partition coefficient (Wildman–Crippen LogP) is 2.15. The highest BCUT2D eigenvalue weighted by Gasteiger charge is 2.33. The minimum Gasteiger partial charge on any atom is -0.342 e. The van der Waals surface area contributed by atoms with Crippen molar-refractivity contribution in [3.05, 3.63) is 29.8 Å². The molecule has 3 aliphatic rings. The molecular formula is C19H25N3O3S. The molecule has 1 N–H and O–H groups in total. The van der Waals surface area contributed by atoms with Gasteiger partial charge in [0.25, 0.3) is 10.0 Å². The second kappa shape index (κ2) is 7.02. The highest BCUT2D eigenvalue weighted by atomic mass is 32.2. The van der Waals surface area contributed by atoms with Crippen LogP contribution in [0, 0.1) is 11.8 Å². The molecule has 6 nitrogen and oxygen atoms in total. The molecule has 2 heterocycles. The lowest BCUT2D eigenvalue weighted by atomic mass is 9.75. The molecule has 0 unspecified atom stereocenters. The van der Waals surface area contributed by atoms with Gasteiger partial charge >= 0.3 is 0 Å². The number of nitrogens with zero attached hydrogens (tertiary/aromatic N) is 2. The maximum atomic E-state index is 12.5. The first-order chi connectivity index (χ1) is 12.5. The number of hydrogen-bond acceptors (Lipinski definition) is 4. The Balaban J connectivity index is 1.36. The third kappa shape index (κ3) is 3.37. The number of piperidine rings is 1. The third-order valence-corrected chi connectivity index (χ3v) is 7.30. The Morgan fingerprint density at radius 1 is 1.15 bits per heavy atom. The summed E-state index contributed by atoms with van der Waals surface area (Å²) in [6.07, 6.45) is 6.64. The molecule has 1 amide bonds. The number of amides is 1. The highest BCUT2D eigenvalue weighted by molar-refractivity contribution is 7.90. The molecule has 7 heteroatoms. The van der Waals surface area contributed by atoms with E-state index in [1.165, 1.54) is 25.7 Å². The van der Waals surface area contributed by atoms with Crippen LogP contribution in [0.15, 0.2) is 34.2 Å². The van der Waals surface area contributed by atoms with Crippen molar-refractivity contribution in [2.24, 2.45) is 16.8 Å². The van der Waals surface area contributed by atoms with Gasteiger partial charge in [0.05, 0.1) is 11.4 Å². The number of sulfonamides is 1. The molecule has 1 saturated heterocycles. The van der Waals surface area contributed by atoms with Gasteiger partial charge in [0, 0.05) is 25.1 Å². The van der Waals surface area contributed by atoms with E-state index >= 15 is 0 Å². The van der Waals surface area contributed by atoms with Crippen LogP contribution in [-0.4, -0.2) is 44.7 Å². The van der Waals surface area contributed by atoms with Gasteiger partial charge < -0.3 is 4.90 Å². The average Bonchev–Trinajstić information content (AvgIpc) is 2.92. The fourth-order valence-electron chi connectivity index (χ4n) is 4.50. The van der Waals surface area contributed by atoms with E-state index in [9.17, 15) is 13.2 Å². The number of amidine groups is 1. The molecule has 0 bridgehead atoms. The van der Waals surface area contributed by atoms with Crippen LogP contribution in [0.4, 0.5) is 0 Å². The van der Waals surface area contributed by atoms with E-state index in [1.54, 1.807) is 24.3 Å². The van der Waals surface area contributed by atoms with Gasteiger partial charge in [-0.15, -0.1) is 0 Å². The maximum absolute atomic E-state index is 12.5. The molecule has 4 rings (SSSR count). The molecule has 0 aromatic heterocycles. The zero-order chi connectivity index (χ0) is 18.1. The van der Waals surface area contributed by atoms with Crippen LogP contribution in [0.3, 0.4) is 0 Å². The molecule has 0 spiro atoms. The summed E-state index contributed by atoms with van der Waals surface area (Å²) in [5, 5.41) is 0. The molecule has 0 radical (unpaired) electrons. The Hall–Kier alpha value is -1.89. The molecule has 2 fully saturated rings. The van der Waals surface area contributed by atoms with Gasteiger partial charge in [0.15, 0.2) is 0 Å². The Kier molecular flexibility index (Phi) is 4.73. The van der Waals surface area contributed by atoms with Crippen LogP contribution in [0.5, 0.6) is 0 Å². The van der Waals surface area contributed by atoms with E-state index in [4.69, 9.17) is 0 Å². The van der Waals surface area contributed by atoms with Crippen molar-refractivity contribution in [2.75, 3.05) is 19.6 Å². The third-order valence-electron chi connectivity index (χ3n) is 5.90. The summed E-state index contributed by atoms with van der Waals surface area (Å²) in [6.45, 7) is 2.04. The second-order valence-electron chi connectivity index (χ2n) is 7.52. The number of hydrogen-bond donors (Lipinski definition) is 1. The molecule has 140 valence electrons. The lowest BCUT2D eigenvalue weighted by molar-refractivity contribution is -0.134. The number of nitrogens with one attached hydrogen (secondary N) is 1. The van der Waals surface area contributed by atoms with Gasteiger partial charge in [-0.25, -0.2) is 8.42 Å². The Bertz CT molecular complexity index is 834. The van der Waals surface area contributed by atoms with Crippen molar-refractivity contribution in [3.63, 3.8) is 0 Å². The van der Waals surface area contributed by atoms with E-state index in [-0.39, 0.29) is 10.8 Å². The Labute approximate surface area is 154 Å². The fraction of sp³-hybridized carbons (Fsp3) is 0.579. The van der Waals surface area contributed by atoms with Gasteiger partial charge in [-0.3, -0.25) is 14.5 Å². The van der Waals surface area contributed by atoms with Crippen LogP contribution in [-0.2, 0) is 14.8 Å². The van der Waals surface area contributed by atoms with Crippen LogP contribution < -0.4 is 4.72 Å². The van der Waals surface area contributed by atoms with Gasteiger partial charge in [-0.05, 0) is 36.8 Å². The molecule has 1 saturated carbocycles. The van der Waals surface area contributed by atoms with Crippen molar-refractivity contribution < 1.29 is 13.2 Å². The van der Waals surface area contributed by atoms with Crippen molar-refractivity contribution >= 4 is 21.8 Å². The number of benzene rings is 1. The van der Waals surface area contributed by atoms with E-state index in [2.05, 4.69) is 9.71 Å². The van der Waals surface area contributed by atoms with Crippen molar-refractivity contribution in [3.8, 4) is 0 Å². The fourth-order valence-corrected chi connectivity index (χ4v) is 5.75. The molecule has 2 aliphatic heterocycles. The quantitative estimate of drug-likeness (QED) is 0.879. The zero-order valence-electron chi connectivity index (χ0n) is 14.9. The summed E-state index contributed by atoms with van der Waals surface area (Å²) >= 11 is 0. The highest BCUT2D eigenvalue weighted by Crippen LogP contribution is 2.36. The van der Waals surface area contributed by atoms with E-state index in [0.717, 1.165) is 25.4 Å². The van der Waals surface area contributed by atoms with Crippen LogP contribution in [0.2, 0.25) is 0 Å². The summed E-state index contributed by atoms with van der Waals surface area (Å²) in [4.78, 5) is 19.1. The molecule has 1 aliphatic carbocycles. The summed E-state index contributed by atoms with van der Waals surface area (Å²) < 4.78 is 26.6. The van der Waals surface area contributed by atoms with Crippen molar-refractivity contribution in [1.82, 2.24) is 9.62 Å². The SMILES string of the molecule is O=C(CCN=C1NS(=O)(=O)c2ccccc21)N1CC[C@H]2CCCC[C@@H]2C1. The van der Waals surface area contributed by atoms with E-state index < -0.39 is 10.0 Å². The predicted molar refractivity (Wildman–Crippen MR) is 99.4 cm³/mol. The number of aliphatic imine (C=N–C) groups is 1. The standard InChI is InChI=1S/C19H25N3O3S/c23-18(22-12-10-14-5-1-2-6-15(14)13-22)9-11-20-19-16-7-3-4-8-17(16)26(24,25)21-19/h3-4,7-8,14-15H,1-2,5-6,9-13H2,(H,20,21)/t14-,15-/m1/s1. The van der Waals surface area contributed by atoms with E-state index in [1.807, 2.05) is 4.90 Å². The maximum Gasteiger partial charge on any atom is 0.263 e. The topological polar surface area (TPSA) is 78.8 Å². The molecular weight excluding hydrogens is 350 g/mol.